The van der Waals surface area contributed by atoms with Gasteiger partial charge in [0.15, 0.2) is 0 Å². The van der Waals surface area contributed by atoms with Gasteiger partial charge in [-0.15, -0.1) is 0 Å². The summed E-state index contributed by atoms with van der Waals surface area (Å²) in [7, 11) is 1.96. The predicted octanol–water partition coefficient (Wildman–Crippen LogP) is 3.04. The van der Waals surface area contributed by atoms with Crippen LogP contribution in [0.5, 0.6) is 0 Å². The van der Waals surface area contributed by atoms with E-state index in [4.69, 9.17) is 0 Å². The van der Waals surface area contributed by atoms with E-state index in [0.29, 0.717) is 0 Å². The average Bonchev–Trinajstić information content (AvgIpc) is 3.06. The number of aliphatic hydroxyl groups is 1. The second kappa shape index (κ2) is 6.85. The first-order valence-electron chi connectivity index (χ1n) is 8.52. The van der Waals surface area contributed by atoms with Gasteiger partial charge in [-0.2, -0.15) is 5.10 Å². The molecule has 1 heterocycles. The van der Waals surface area contributed by atoms with Crippen molar-refractivity contribution in [3.63, 3.8) is 0 Å². The number of benzene rings is 1. The molecule has 4 heteroatoms. The van der Waals surface area contributed by atoms with Gasteiger partial charge in [0.25, 0.3) is 0 Å². The third kappa shape index (κ3) is 4.21. The van der Waals surface area contributed by atoms with Gasteiger partial charge in [-0.05, 0) is 25.3 Å². The molecule has 124 valence electrons. The van der Waals surface area contributed by atoms with Gasteiger partial charge in [0.2, 0.25) is 0 Å². The molecule has 0 amide bonds. The second-order valence-electron chi connectivity index (χ2n) is 6.98. The standard InChI is InChI=1S/C19H27N3O/c1-16-18(13-21(2)20-16)14-22(12-17-8-4-3-5-9-17)15-19(23)10-6-7-11-19/h3-5,8-9,13,23H,6-7,10-12,14-15H2,1-2H3. The van der Waals surface area contributed by atoms with E-state index in [-0.39, 0.29) is 0 Å². The summed E-state index contributed by atoms with van der Waals surface area (Å²) >= 11 is 0. The molecule has 0 unspecified atom stereocenters. The molecule has 1 saturated carbocycles. The lowest BCUT2D eigenvalue weighted by molar-refractivity contribution is 0.00447. The summed E-state index contributed by atoms with van der Waals surface area (Å²) in [5, 5.41) is 15.3. The van der Waals surface area contributed by atoms with E-state index in [0.717, 1.165) is 51.0 Å². The van der Waals surface area contributed by atoms with Gasteiger partial charge >= 0.3 is 0 Å². The van der Waals surface area contributed by atoms with Crippen LogP contribution in [0, 0.1) is 6.92 Å². The SMILES string of the molecule is Cc1nn(C)cc1CN(Cc1ccccc1)CC1(O)CCCC1. The van der Waals surface area contributed by atoms with Crippen molar-refractivity contribution in [2.24, 2.45) is 7.05 Å². The molecule has 0 saturated heterocycles. The number of hydrogen-bond acceptors (Lipinski definition) is 3. The predicted molar refractivity (Wildman–Crippen MR) is 91.9 cm³/mol. The van der Waals surface area contributed by atoms with Crippen molar-refractivity contribution in [1.82, 2.24) is 14.7 Å². The topological polar surface area (TPSA) is 41.3 Å². The normalized spacial score (nSPS) is 17.0. The van der Waals surface area contributed by atoms with Crippen LogP contribution in [-0.4, -0.2) is 31.9 Å². The van der Waals surface area contributed by atoms with Crippen LogP contribution in [0.2, 0.25) is 0 Å². The smallest absolute Gasteiger partial charge is 0.0774 e. The molecule has 1 aliphatic carbocycles. The lowest BCUT2D eigenvalue weighted by Crippen LogP contribution is -2.40. The van der Waals surface area contributed by atoms with Crippen molar-refractivity contribution in [2.75, 3.05) is 6.54 Å². The van der Waals surface area contributed by atoms with E-state index < -0.39 is 5.60 Å². The fourth-order valence-electron chi connectivity index (χ4n) is 3.66. The Balaban J connectivity index is 1.76. The minimum atomic E-state index is -0.523. The molecule has 0 spiro atoms. The molecule has 23 heavy (non-hydrogen) atoms. The highest BCUT2D eigenvalue weighted by Gasteiger charge is 2.33. The summed E-state index contributed by atoms with van der Waals surface area (Å²) < 4.78 is 1.87. The highest BCUT2D eigenvalue weighted by Crippen LogP contribution is 2.31. The lowest BCUT2D eigenvalue weighted by atomic mass is 10.0. The van der Waals surface area contributed by atoms with Crippen molar-refractivity contribution in [3.8, 4) is 0 Å². The minimum Gasteiger partial charge on any atom is -0.389 e. The number of aryl methyl sites for hydroxylation is 2. The molecule has 0 aliphatic heterocycles. The van der Waals surface area contributed by atoms with Crippen molar-refractivity contribution < 1.29 is 5.11 Å². The average molecular weight is 313 g/mol. The Morgan fingerprint density at radius 3 is 2.48 bits per heavy atom. The molecule has 0 atom stereocenters. The first-order valence-corrected chi connectivity index (χ1v) is 8.52. The van der Waals surface area contributed by atoms with Crippen LogP contribution < -0.4 is 0 Å². The molecule has 1 fully saturated rings. The van der Waals surface area contributed by atoms with Gasteiger partial charge in [-0.3, -0.25) is 9.58 Å². The summed E-state index contributed by atoms with van der Waals surface area (Å²) in [6.45, 7) is 4.48. The minimum absolute atomic E-state index is 0.523. The maximum Gasteiger partial charge on any atom is 0.0774 e. The van der Waals surface area contributed by atoms with Crippen LogP contribution in [0.3, 0.4) is 0 Å². The molecule has 0 radical (unpaired) electrons. The molecule has 3 rings (SSSR count). The lowest BCUT2D eigenvalue weighted by Gasteiger charge is -2.31. The molecule has 1 aliphatic rings. The van der Waals surface area contributed by atoms with Gasteiger partial charge in [0.05, 0.1) is 11.3 Å². The first kappa shape index (κ1) is 16.2. The summed E-state index contributed by atoms with van der Waals surface area (Å²) in [6, 6.07) is 10.5. The Labute approximate surface area is 138 Å². The van der Waals surface area contributed by atoms with E-state index in [9.17, 15) is 5.11 Å². The van der Waals surface area contributed by atoms with Crippen molar-refractivity contribution in [2.45, 2.75) is 51.3 Å². The maximum absolute atomic E-state index is 10.8. The second-order valence-corrected chi connectivity index (χ2v) is 6.98. The Hall–Kier alpha value is -1.65. The molecular formula is C19H27N3O. The Bertz CT molecular complexity index is 629. The molecule has 0 bridgehead atoms. The molecule has 1 N–H and O–H groups in total. The van der Waals surface area contributed by atoms with Crippen LogP contribution >= 0.6 is 0 Å². The molecule has 1 aromatic heterocycles. The van der Waals surface area contributed by atoms with E-state index >= 15 is 0 Å². The number of nitrogens with zero attached hydrogens (tertiary/aromatic N) is 3. The van der Waals surface area contributed by atoms with Gasteiger partial charge < -0.3 is 5.11 Å². The van der Waals surface area contributed by atoms with Crippen molar-refractivity contribution in [1.29, 1.82) is 0 Å². The maximum atomic E-state index is 10.8. The van der Waals surface area contributed by atoms with Crippen LogP contribution in [0.15, 0.2) is 36.5 Å². The van der Waals surface area contributed by atoms with E-state index in [1.807, 2.05) is 17.8 Å². The Kier molecular flexibility index (Phi) is 4.83. The Morgan fingerprint density at radius 1 is 1.17 bits per heavy atom. The monoisotopic (exact) mass is 313 g/mol. The number of hydrogen-bond donors (Lipinski definition) is 1. The molecule has 2 aromatic rings. The van der Waals surface area contributed by atoms with Gasteiger partial charge in [-0.1, -0.05) is 43.2 Å². The van der Waals surface area contributed by atoms with E-state index in [1.165, 1.54) is 11.1 Å². The van der Waals surface area contributed by atoms with Crippen molar-refractivity contribution in [3.05, 3.63) is 53.3 Å². The first-order chi connectivity index (χ1) is 11.0. The van der Waals surface area contributed by atoms with Crippen LogP contribution in [0.4, 0.5) is 0 Å². The summed E-state index contributed by atoms with van der Waals surface area (Å²) in [5.41, 5.74) is 3.08. The zero-order valence-electron chi connectivity index (χ0n) is 14.2. The zero-order valence-corrected chi connectivity index (χ0v) is 14.2. The third-order valence-electron chi connectivity index (χ3n) is 4.81. The fourth-order valence-corrected chi connectivity index (χ4v) is 3.66. The Morgan fingerprint density at radius 2 is 1.87 bits per heavy atom. The van der Waals surface area contributed by atoms with Crippen LogP contribution in [0.1, 0.15) is 42.5 Å². The third-order valence-corrected chi connectivity index (χ3v) is 4.81. The van der Waals surface area contributed by atoms with Crippen LogP contribution in [-0.2, 0) is 20.1 Å². The van der Waals surface area contributed by atoms with Crippen molar-refractivity contribution >= 4 is 0 Å². The van der Waals surface area contributed by atoms with E-state index in [2.05, 4.69) is 47.4 Å². The zero-order chi connectivity index (χ0) is 16.3. The van der Waals surface area contributed by atoms with Gasteiger partial charge in [-0.25, -0.2) is 0 Å². The highest BCUT2D eigenvalue weighted by atomic mass is 16.3. The van der Waals surface area contributed by atoms with E-state index in [1.54, 1.807) is 0 Å². The van der Waals surface area contributed by atoms with Crippen LogP contribution in [0.25, 0.3) is 0 Å². The quantitative estimate of drug-likeness (QED) is 0.891. The van der Waals surface area contributed by atoms with Gasteiger partial charge in [0.1, 0.15) is 0 Å². The summed E-state index contributed by atoms with van der Waals surface area (Å²) in [6.07, 6.45) is 6.21. The van der Waals surface area contributed by atoms with Gasteiger partial charge in [0, 0.05) is 38.4 Å². The number of aromatic nitrogens is 2. The summed E-state index contributed by atoms with van der Waals surface area (Å²) in [4.78, 5) is 2.37. The number of rotatable bonds is 6. The molecular weight excluding hydrogens is 286 g/mol. The largest absolute Gasteiger partial charge is 0.389 e. The summed E-state index contributed by atoms with van der Waals surface area (Å²) in [5.74, 6) is 0. The molecule has 1 aromatic carbocycles. The highest BCUT2D eigenvalue weighted by molar-refractivity contribution is 5.17. The molecule has 4 nitrogen and oxygen atoms in total. The fraction of sp³-hybridized carbons (Fsp3) is 0.526.